The van der Waals surface area contributed by atoms with Crippen LogP contribution in [0.3, 0.4) is 0 Å². The van der Waals surface area contributed by atoms with Gasteiger partial charge < -0.3 is 19.4 Å². The third-order valence-corrected chi connectivity index (χ3v) is 2.93. The Bertz CT molecular complexity index is 635. The van der Waals surface area contributed by atoms with E-state index in [0.29, 0.717) is 0 Å². The fourth-order valence-electron chi connectivity index (χ4n) is 1.13. The van der Waals surface area contributed by atoms with Crippen LogP contribution in [0, 0.1) is 0 Å². The molecule has 0 fully saturated rings. The number of nitrogens with one attached hydrogen (secondary N) is 1. The van der Waals surface area contributed by atoms with Gasteiger partial charge >= 0.3 is 12.1 Å². The maximum Gasteiger partial charge on any atom is 0.414 e. The summed E-state index contributed by atoms with van der Waals surface area (Å²) in [4.78, 5) is 31.8. The van der Waals surface area contributed by atoms with E-state index in [1.165, 1.54) is 7.11 Å². The Kier molecular flexibility index (Phi) is 6.21. The minimum atomic E-state index is -1.39. The molecular weight excluding hydrogens is 340 g/mol. The van der Waals surface area contributed by atoms with Gasteiger partial charge in [-0.3, -0.25) is 5.32 Å². The lowest BCUT2D eigenvalue weighted by Crippen LogP contribution is -2.27. The van der Waals surface area contributed by atoms with E-state index in [0.717, 1.165) is 11.5 Å². The summed E-state index contributed by atoms with van der Waals surface area (Å²) in [6.07, 6.45) is -0.726. The molecule has 0 saturated heterocycles. The van der Waals surface area contributed by atoms with Gasteiger partial charge in [0.15, 0.2) is 0 Å². The minimum absolute atomic E-state index is 0.0687. The average Bonchev–Trinajstić information content (AvgIpc) is 2.84. The van der Waals surface area contributed by atoms with Crippen molar-refractivity contribution >= 4 is 34.4 Å². The number of methoxy groups -OCH3 is 1. The van der Waals surface area contributed by atoms with Gasteiger partial charge in [-0.15, -0.1) is 0 Å². The number of hydrogen-bond acceptors (Lipinski definition) is 9. The normalized spacial score (nSPS) is 12.7. The predicted molar refractivity (Wildman–Crippen MR) is 86.1 cm³/mol. The van der Waals surface area contributed by atoms with Crippen LogP contribution < -0.4 is 5.32 Å². The summed E-state index contributed by atoms with van der Waals surface area (Å²) in [5, 5.41) is 15.2. The van der Waals surface area contributed by atoms with Crippen molar-refractivity contribution in [3.8, 4) is 0 Å². The number of aromatic nitrogens is 2. The summed E-state index contributed by atoms with van der Waals surface area (Å²) in [7, 11) is 1.39. The highest BCUT2D eigenvalue weighted by molar-refractivity contribution is 7.10. The molecule has 0 unspecified atom stereocenters. The van der Waals surface area contributed by atoms with Gasteiger partial charge in [-0.1, -0.05) is 5.16 Å². The molecule has 11 heteroatoms. The molecular formula is C13H20N4O6S. The van der Waals surface area contributed by atoms with Gasteiger partial charge in [0.2, 0.25) is 22.5 Å². The Balaban J connectivity index is 2.89. The molecule has 1 heterocycles. The van der Waals surface area contributed by atoms with E-state index >= 15 is 0 Å². The molecule has 0 aromatic carbocycles. The number of carbonyl (C=O) groups is 2. The van der Waals surface area contributed by atoms with E-state index in [1.54, 1.807) is 34.6 Å². The summed E-state index contributed by atoms with van der Waals surface area (Å²) in [6, 6.07) is 0. The van der Waals surface area contributed by atoms with Crippen molar-refractivity contribution in [2.24, 2.45) is 5.16 Å². The minimum Gasteiger partial charge on any atom is -0.476 e. The first-order valence-electron chi connectivity index (χ1n) is 6.82. The van der Waals surface area contributed by atoms with Crippen LogP contribution in [0.1, 0.15) is 40.4 Å². The van der Waals surface area contributed by atoms with Crippen molar-refractivity contribution < 1.29 is 29.0 Å². The molecule has 0 spiro atoms. The van der Waals surface area contributed by atoms with Crippen molar-refractivity contribution in [3.63, 3.8) is 0 Å². The maximum absolute atomic E-state index is 11.7. The molecule has 0 atom stereocenters. The van der Waals surface area contributed by atoms with Crippen molar-refractivity contribution in [1.29, 1.82) is 0 Å². The number of carbonyl (C=O) groups excluding carboxylic acids is 1. The lowest BCUT2D eigenvalue weighted by molar-refractivity contribution is -0.197. The van der Waals surface area contributed by atoms with Crippen LogP contribution in [0.15, 0.2) is 5.16 Å². The van der Waals surface area contributed by atoms with E-state index in [1.807, 2.05) is 0 Å². The van der Waals surface area contributed by atoms with Crippen molar-refractivity contribution in [2.45, 2.75) is 46.0 Å². The predicted octanol–water partition coefficient (Wildman–Crippen LogP) is 2.07. The number of hydrogen-bond donors (Lipinski definition) is 2. The largest absolute Gasteiger partial charge is 0.476 e. The molecule has 2 N–H and O–H groups in total. The molecule has 1 aromatic rings. The van der Waals surface area contributed by atoms with Crippen LogP contribution in [-0.4, -0.2) is 50.7 Å². The van der Waals surface area contributed by atoms with E-state index in [9.17, 15) is 14.7 Å². The Labute approximate surface area is 143 Å². The zero-order valence-electron chi connectivity index (χ0n) is 14.2. The van der Waals surface area contributed by atoms with Gasteiger partial charge in [-0.25, -0.2) is 9.59 Å². The molecule has 0 saturated carbocycles. The van der Waals surface area contributed by atoms with Gasteiger partial charge in [0, 0.05) is 32.5 Å². The van der Waals surface area contributed by atoms with Gasteiger partial charge in [0.1, 0.15) is 5.60 Å². The number of ether oxygens (including phenoxy) is 2. The topological polar surface area (TPSA) is 132 Å². The molecule has 134 valence electrons. The molecule has 1 amide bonds. The first kappa shape index (κ1) is 19.8. The SMILES string of the molecule is COC(C)(C)ON=C(C(=O)O)c1nsc(NC(=O)OC(C)(C)C)n1. The van der Waals surface area contributed by atoms with E-state index in [4.69, 9.17) is 14.3 Å². The molecule has 1 aromatic heterocycles. The Morgan fingerprint density at radius 2 is 1.88 bits per heavy atom. The van der Waals surface area contributed by atoms with Crippen molar-refractivity contribution in [1.82, 2.24) is 9.36 Å². The van der Waals surface area contributed by atoms with Crippen LogP contribution >= 0.6 is 11.5 Å². The maximum atomic E-state index is 11.7. The number of oxime groups is 1. The first-order chi connectivity index (χ1) is 10.9. The van der Waals surface area contributed by atoms with Gasteiger partial charge in [-0.2, -0.15) is 9.36 Å². The Hall–Kier alpha value is -2.27. The van der Waals surface area contributed by atoms with Gasteiger partial charge in [0.05, 0.1) is 0 Å². The molecule has 24 heavy (non-hydrogen) atoms. The number of amides is 1. The van der Waals surface area contributed by atoms with Crippen molar-refractivity contribution in [2.75, 3.05) is 12.4 Å². The monoisotopic (exact) mass is 360 g/mol. The Morgan fingerprint density at radius 3 is 2.38 bits per heavy atom. The van der Waals surface area contributed by atoms with Crippen LogP contribution in [0.2, 0.25) is 0 Å². The van der Waals surface area contributed by atoms with Gasteiger partial charge in [0.25, 0.3) is 0 Å². The number of carboxylic acid groups (broad SMARTS) is 1. The third kappa shape index (κ3) is 6.46. The molecule has 0 radical (unpaired) electrons. The molecule has 0 aliphatic rings. The Morgan fingerprint density at radius 1 is 1.25 bits per heavy atom. The summed E-state index contributed by atoms with van der Waals surface area (Å²) in [5.74, 6) is -2.71. The highest BCUT2D eigenvalue weighted by Gasteiger charge is 2.24. The number of aliphatic carboxylic acids is 1. The zero-order chi connectivity index (χ0) is 18.5. The summed E-state index contributed by atoms with van der Waals surface area (Å²) in [6.45, 7) is 8.24. The van der Waals surface area contributed by atoms with E-state index < -0.39 is 29.2 Å². The van der Waals surface area contributed by atoms with Crippen LogP contribution in [0.5, 0.6) is 0 Å². The number of nitrogens with zero attached hydrogens (tertiary/aromatic N) is 3. The quantitative estimate of drug-likeness (QED) is 0.447. The fourth-order valence-corrected chi connectivity index (χ4v) is 1.69. The second-order valence-electron chi connectivity index (χ2n) is 5.99. The summed E-state index contributed by atoms with van der Waals surface area (Å²) < 4.78 is 13.9. The lowest BCUT2D eigenvalue weighted by atomic mass is 10.2. The number of rotatable bonds is 6. The first-order valence-corrected chi connectivity index (χ1v) is 7.59. The van der Waals surface area contributed by atoms with Crippen LogP contribution in [0.25, 0.3) is 0 Å². The van der Waals surface area contributed by atoms with Crippen LogP contribution in [0.4, 0.5) is 9.93 Å². The van der Waals surface area contributed by atoms with Gasteiger partial charge in [-0.05, 0) is 20.8 Å². The van der Waals surface area contributed by atoms with E-state index in [-0.39, 0.29) is 11.0 Å². The number of carboxylic acids is 1. The lowest BCUT2D eigenvalue weighted by Gasteiger charge is -2.19. The third-order valence-electron chi connectivity index (χ3n) is 2.30. The molecule has 0 bridgehead atoms. The molecule has 10 nitrogen and oxygen atoms in total. The average molecular weight is 360 g/mol. The number of anilines is 1. The fraction of sp³-hybridized carbons (Fsp3) is 0.615. The zero-order valence-corrected chi connectivity index (χ0v) is 15.1. The molecule has 0 aliphatic carbocycles. The smallest absolute Gasteiger partial charge is 0.414 e. The highest BCUT2D eigenvalue weighted by Crippen LogP contribution is 2.16. The summed E-state index contributed by atoms with van der Waals surface area (Å²) >= 11 is 0.785. The summed E-state index contributed by atoms with van der Waals surface area (Å²) in [5.41, 5.74) is -1.20. The standard InChI is InChI=1S/C13H20N4O6S/c1-12(2,3)22-11(20)15-10-14-8(17-24-10)7(9(18)19)16-23-13(4,5)21-6/h1-6H3,(H,18,19)(H,14,15,17,20). The van der Waals surface area contributed by atoms with Crippen molar-refractivity contribution in [3.05, 3.63) is 5.82 Å². The highest BCUT2D eigenvalue weighted by atomic mass is 32.1. The second-order valence-corrected chi connectivity index (χ2v) is 6.74. The van der Waals surface area contributed by atoms with Crippen LogP contribution in [-0.2, 0) is 19.1 Å². The molecule has 0 aliphatic heterocycles. The molecule has 1 rings (SSSR count). The second kappa shape index (κ2) is 7.53. The van der Waals surface area contributed by atoms with E-state index in [2.05, 4.69) is 19.8 Å².